The van der Waals surface area contributed by atoms with Crippen molar-refractivity contribution in [2.75, 3.05) is 6.61 Å². The molecule has 5 aliphatic rings. The van der Waals surface area contributed by atoms with Gasteiger partial charge in [-0.2, -0.15) is 0 Å². The molecule has 0 amide bonds. The van der Waals surface area contributed by atoms with Crippen LogP contribution in [0, 0.1) is 17.3 Å². The fourth-order valence-electron chi connectivity index (χ4n) is 7.52. The molecule has 1 heterocycles. The Morgan fingerprint density at radius 2 is 2.15 bits per heavy atom. The van der Waals surface area contributed by atoms with Gasteiger partial charge in [0.1, 0.15) is 17.0 Å². The Kier molecular flexibility index (Phi) is 3.72. The van der Waals surface area contributed by atoms with Crippen LogP contribution in [0.1, 0.15) is 71.1 Å². The third-order valence-corrected chi connectivity index (χ3v) is 9.06. The van der Waals surface area contributed by atoms with Crippen molar-refractivity contribution in [3.8, 4) is 0 Å². The number of fused-ring (bicyclic) bond motifs is 3. The molecule has 2 N–H and O–H groups in total. The van der Waals surface area contributed by atoms with Crippen LogP contribution in [-0.2, 0) is 9.53 Å². The van der Waals surface area contributed by atoms with Crippen molar-refractivity contribution in [2.45, 2.75) is 87.9 Å². The summed E-state index contributed by atoms with van der Waals surface area (Å²) in [6, 6.07) is 0. The van der Waals surface area contributed by atoms with Crippen molar-refractivity contribution < 1.29 is 19.7 Å². The maximum absolute atomic E-state index is 12.0. The highest BCUT2D eigenvalue weighted by Gasteiger charge is 2.77. The van der Waals surface area contributed by atoms with E-state index in [1.807, 2.05) is 0 Å². The molecule has 0 aromatic rings. The molecule has 4 aliphatic carbocycles. The quantitative estimate of drug-likeness (QED) is 0.586. The number of carbonyl (C=O) groups excluding carboxylic acids is 1. The van der Waals surface area contributed by atoms with E-state index in [1.54, 1.807) is 0 Å². The number of aliphatic hydroxyl groups excluding tert-OH is 1. The zero-order chi connectivity index (χ0) is 19.1. The summed E-state index contributed by atoms with van der Waals surface area (Å²) in [6.45, 7) is 6.63. The van der Waals surface area contributed by atoms with Gasteiger partial charge in [-0.25, -0.2) is 0 Å². The molecule has 5 rings (SSSR count). The van der Waals surface area contributed by atoms with E-state index >= 15 is 0 Å². The van der Waals surface area contributed by atoms with Crippen LogP contribution in [0.25, 0.3) is 0 Å². The Hall–Kier alpha value is -0.970. The number of aliphatic hydroxyl groups is 2. The van der Waals surface area contributed by atoms with Gasteiger partial charge in [0.2, 0.25) is 0 Å². The molecule has 148 valence electrons. The predicted octanol–water partition coefficient (Wildman–Crippen LogP) is 3.46. The van der Waals surface area contributed by atoms with Gasteiger partial charge in [-0.15, -0.1) is 0 Å². The lowest BCUT2D eigenvalue weighted by molar-refractivity contribution is -0.121. The highest BCUT2D eigenvalue weighted by atomic mass is 16.6. The largest absolute Gasteiger partial charge is 0.396 e. The molecule has 3 saturated carbocycles. The number of Topliss-reactive ketones (excluding diaryl/α,β-unsaturated/α-hetero) is 1. The summed E-state index contributed by atoms with van der Waals surface area (Å²) in [7, 11) is 0. The number of hydrogen-bond acceptors (Lipinski definition) is 4. The lowest BCUT2D eigenvalue weighted by atomic mass is 9.52. The van der Waals surface area contributed by atoms with Crippen molar-refractivity contribution in [1.29, 1.82) is 0 Å². The highest BCUT2D eigenvalue weighted by molar-refractivity contribution is 5.83. The molecule has 4 fully saturated rings. The second-order valence-corrected chi connectivity index (χ2v) is 10.0. The summed E-state index contributed by atoms with van der Waals surface area (Å²) >= 11 is 0. The van der Waals surface area contributed by atoms with Gasteiger partial charge in [0.05, 0.1) is 5.60 Å². The number of carbonyl (C=O) groups is 1. The van der Waals surface area contributed by atoms with Gasteiger partial charge >= 0.3 is 0 Å². The van der Waals surface area contributed by atoms with Crippen LogP contribution in [0.5, 0.6) is 0 Å². The third-order valence-electron chi connectivity index (χ3n) is 9.06. The molecule has 1 saturated heterocycles. The van der Waals surface area contributed by atoms with Gasteiger partial charge in [-0.3, -0.25) is 4.79 Å². The van der Waals surface area contributed by atoms with E-state index in [0.717, 1.165) is 44.1 Å². The number of hydrogen-bond donors (Lipinski definition) is 2. The van der Waals surface area contributed by atoms with Crippen LogP contribution < -0.4 is 0 Å². The van der Waals surface area contributed by atoms with E-state index in [2.05, 4.69) is 19.6 Å². The van der Waals surface area contributed by atoms with Crippen molar-refractivity contribution in [2.24, 2.45) is 17.3 Å². The average Bonchev–Trinajstić information content (AvgIpc) is 3.25. The molecule has 1 aliphatic heterocycles. The van der Waals surface area contributed by atoms with Crippen molar-refractivity contribution in [3.05, 3.63) is 23.8 Å². The van der Waals surface area contributed by atoms with Crippen LogP contribution in [0.2, 0.25) is 0 Å². The first-order valence-corrected chi connectivity index (χ1v) is 10.8. The minimum atomic E-state index is -0.839. The molecule has 0 aromatic carbocycles. The molecule has 6 atom stereocenters. The maximum Gasteiger partial charge on any atom is 0.136 e. The number of allylic oxidation sites excluding steroid dienone is 1. The lowest BCUT2D eigenvalue weighted by Crippen LogP contribution is -2.52. The van der Waals surface area contributed by atoms with Gasteiger partial charge in [-0.05, 0) is 74.3 Å². The van der Waals surface area contributed by atoms with Crippen LogP contribution in [-0.4, -0.2) is 39.4 Å². The summed E-state index contributed by atoms with van der Waals surface area (Å²) in [6.07, 6.45) is 10.5. The summed E-state index contributed by atoms with van der Waals surface area (Å²) in [5, 5.41) is 20.9. The van der Waals surface area contributed by atoms with Gasteiger partial charge in [0.15, 0.2) is 0 Å². The Labute approximate surface area is 161 Å². The minimum absolute atomic E-state index is 0.141. The smallest absolute Gasteiger partial charge is 0.136 e. The van der Waals surface area contributed by atoms with E-state index in [1.165, 1.54) is 5.57 Å². The van der Waals surface area contributed by atoms with E-state index < -0.39 is 5.60 Å². The lowest BCUT2D eigenvalue weighted by Gasteiger charge is -2.52. The highest BCUT2D eigenvalue weighted by Crippen LogP contribution is 2.72. The van der Waals surface area contributed by atoms with Crippen molar-refractivity contribution >= 4 is 5.78 Å². The first-order valence-electron chi connectivity index (χ1n) is 10.8. The molecule has 0 unspecified atom stereocenters. The van der Waals surface area contributed by atoms with E-state index in [-0.39, 0.29) is 23.2 Å². The Balaban J connectivity index is 1.47. The van der Waals surface area contributed by atoms with Gasteiger partial charge in [-0.1, -0.05) is 19.6 Å². The minimum Gasteiger partial charge on any atom is -0.396 e. The molecule has 0 bridgehead atoms. The Morgan fingerprint density at radius 3 is 2.93 bits per heavy atom. The second kappa shape index (κ2) is 5.55. The van der Waals surface area contributed by atoms with Gasteiger partial charge < -0.3 is 14.9 Å². The zero-order valence-electron chi connectivity index (χ0n) is 16.4. The van der Waals surface area contributed by atoms with Crippen LogP contribution in [0.15, 0.2) is 23.8 Å². The molecule has 4 nitrogen and oxygen atoms in total. The van der Waals surface area contributed by atoms with Crippen LogP contribution in [0.3, 0.4) is 0 Å². The summed E-state index contributed by atoms with van der Waals surface area (Å²) in [5.41, 5.74) is 0.955. The fraction of sp³-hybridized carbons (Fsp3) is 0.783. The molecule has 0 aromatic heterocycles. The second-order valence-electron chi connectivity index (χ2n) is 10.0. The molecule has 0 spiro atoms. The van der Waals surface area contributed by atoms with Gasteiger partial charge in [0, 0.05) is 24.9 Å². The van der Waals surface area contributed by atoms with E-state index in [0.29, 0.717) is 43.3 Å². The molecular formula is C23H32O4. The first kappa shape index (κ1) is 18.1. The average molecular weight is 373 g/mol. The Morgan fingerprint density at radius 1 is 1.33 bits per heavy atom. The normalized spacial score (nSPS) is 50.2. The number of epoxide rings is 1. The summed E-state index contributed by atoms with van der Waals surface area (Å²) in [4.78, 5) is 12.0. The SMILES string of the molecule is C=C(CCCO)[C@]1(O)CC[C@H]2[C@@H]3CC[C@]45CC(=O)CC[C@]4(O5)C3=CC[C@@]21C. The van der Waals surface area contributed by atoms with Gasteiger partial charge in [0.25, 0.3) is 0 Å². The molecule has 4 heteroatoms. The zero-order valence-corrected chi connectivity index (χ0v) is 16.4. The fourth-order valence-corrected chi connectivity index (χ4v) is 7.52. The van der Waals surface area contributed by atoms with Crippen molar-refractivity contribution in [3.63, 3.8) is 0 Å². The standard InChI is InChI=1S/C23H32O4/c1-15(4-3-13-24)22(26)11-8-18-17-6-10-21-14-16(25)5-12-23(21,27-21)19(17)7-9-20(18,22)2/h7,17-18,24,26H,1,3-6,8-14H2,2H3/t17-,18-,20-,21-,22+,23-/m0/s1. The first-order chi connectivity index (χ1) is 12.8. The maximum atomic E-state index is 12.0. The molecular weight excluding hydrogens is 340 g/mol. The van der Waals surface area contributed by atoms with Crippen LogP contribution in [0.4, 0.5) is 0 Å². The van der Waals surface area contributed by atoms with Crippen LogP contribution >= 0.6 is 0 Å². The summed E-state index contributed by atoms with van der Waals surface area (Å²) in [5.74, 6) is 1.27. The predicted molar refractivity (Wildman–Crippen MR) is 102 cm³/mol. The number of ether oxygens (including phenoxy) is 1. The van der Waals surface area contributed by atoms with E-state index in [9.17, 15) is 15.0 Å². The summed E-state index contributed by atoms with van der Waals surface area (Å²) < 4.78 is 6.39. The molecule has 0 radical (unpaired) electrons. The Bertz CT molecular complexity index is 741. The van der Waals surface area contributed by atoms with Crippen molar-refractivity contribution in [1.82, 2.24) is 0 Å². The topological polar surface area (TPSA) is 70.1 Å². The number of rotatable bonds is 4. The molecule has 27 heavy (non-hydrogen) atoms. The number of ketones is 1. The van der Waals surface area contributed by atoms with E-state index in [4.69, 9.17) is 4.74 Å². The third kappa shape index (κ3) is 2.07. The monoisotopic (exact) mass is 372 g/mol.